The number of hydrogen-bond acceptors (Lipinski definition) is 3. The fourth-order valence-corrected chi connectivity index (χ4v) is 4.44. The van der Waals surface area contributed by atoms with Crippen LogP contribution in [-0.2, 0) is 14.4 Å². The second-order valence-corrected chi connectivity index (χ2v) is 7.28. The summed E-state index contributed by atoms with van der Waals surface area (Å²) < 4.78 is 0. The van der Waals surface area contributed by atoms with Crippen LogP contribution in [0.2, 0.25) is 0 Å². The van der Waals surface area contributed by atoms with Crippen molar-refractivity contribution in [1.82, 2.24) is 5.32 Å². The zero-order valence-electron chi connectivity index (χ0n) is 13.8. The van der Waals surface area contributed by atoms with Crippen LogP contribution in [0.3, 0.4) is 0 Å². The van der Waals surface area contributed by atoms with E-state index in [-0.39, 0.29) is 35.4 Å². The van der Waals surface area contributed by atoms with E-state index >= 15 is 0 Å². The lowest BCUT2D eigenvalue weighted by molar-refractivity contribution is -0.143. The zero-order chi connectivity index (χ0) is 16.8. The third-order valence-electron chi connectivity index (χ3n) is 6.08. The molecule has 5 atom stereocenters. The molecule has 5 heteroatoms. The van der Waals surface area contributed by atoms with Crippen LogP contribution in [0.25, 0.3) is 0 Å². The predicted octanol–water partition coefficient (Wildman–Crippen LogP) is 2.31. The number of carboxylic acid groups (broad SMARTS) is 1. The molecular weight excluding hydrogens is 294 g/mol. The average molecular weight is 319 g/mol. The number of hydrogen-bond donors (Lipinski definition) is 2. The van der Waals surface area contributed by atoms with E-state index in [0.29, 0.717) is 18.4 Å². The summed E-state index contributed by atoms with van der Waals surface area (Å²) in [4.78, 5) is 36.4. The SMILES string of the molecule is CC[C@@H]1C=C(C(=O)N[C@]2(C(=O)O)C[C@H]2CC)[C@H]2CCC(=O)[C@H]2C1. The summed E-state index contributed by atoms with van der Waals surface area (Å²) in [6.45, 7) is 4.00. The van der Waals surface area contributed by atoms with E-state index < -0.39 is 11.5 Å². The van der Waals surface area contributed by atoms with Crippen molar-refractivity contribution in [3.8, 4) is 0 Å². The highest BCUT2D eigenvalue weighted by Crippen LogP contribution is 2.48. The molecule has 2 saturated carbocycles. The summed E-state index contributed by atoms with van der Waals surface area (Å²) in [7, 11) is 0. The Morgan fingerprint density at radius 1 is 1.30 bits per heavy atom. The van der Waals surface area contributed by atoms with Gasteiger partial charge in [-0.2, -0.15) is 0 Å². The van der Waals surface area contributed by atoms with Gasteiger partial charge in [0.2, 0.25) is 5.91 Å². The maximum atomic E-state index is 12.8. The number of carbonyl (C=O) groups is 3. The Morgan fingerprint density at radius 3 is 2.61 bits per heavy atom. The Bertz CT molecular complexity index is 582. The summed E-state index contributed by atoms with van der Waals surface area (Å²) in [6.07, 6.45) is 6.23. The molecule has 0 aromatic carbocycles. The topological polar surface area (TPSA) is 83.5 Å². The normalized spacial score (nSPS) is 38.7. The van der Waals surface area contributed by atoms with Gasteiger partial charge in [-0.15, -0.1) is 0 Å². The van der Waals surface area contributed by atoms with E-state index in [0.717, 1.165) is 25.7 Å². The smallest absolute Gasteiger partial charge is 0.329 e. The lowest BCUT2D eigenvalue weighted by Gasteiger charge is -2.30. The number of Topliss-reactive ketones (excluding diaryl/α,β-unsaturated/α-hetero) is 1. The van der Waals surface area contributed by atoms with Crippen molar-refractivity contribution in [2.45, 2.75) is 57.9 Å². The maximum Gasteiger partial charge on any atom is 0.329 e. The van der Waals surface area contributed by atoms with Crippen LogP contribution in [0.5, 0.6) is 0 Å². The van der Waals surface area contributed by atoms with Crippen LogP contribution >= 0.6 is 0 Å². The second-order valence-electron chi connectivity index (χ2n) is 7.28. The Morgan fingerprint density at radius 2 is 2.04 bits per heavy atom. The van der Waals surface area contributed by atoms with Crippen molar-refractivity contribution < 1.29 is 19.5 Å². The summed E-state index contributed by atoms with van der Waals surface area (Å²) in [5.74, 6) is -0.774. The average Bonchev–Trinajstić information content (AvgIpc) is 3.14. The van der Waals surface area contributed by atoms with Gasteiger partial charge in [-0.05, 0) is 43.4 Å². The van der Waals surface area contributed by atoms with Crippen molar-refractivity contribution in [2.75, 3.05) is 0 Å². The maximum absolute atomic E-state index is 12.8. The van der Waals surface area contributed by atoms with Crippen molar-refractivity contribution in [3.05, 3.63) is 11.6 Å². The number of nitrogens with one attached hydrogen (secondary N) is 1. The molecule has 23 heavy (non-hydrogen) atoms. The minimum atomic E-state index is -1.09. The number of carbonyl (C=O) groups excluding carboxylic acids is 2. The molecule has 3 aliphatic rings. The van der Waals surface area contributed by atoms with Crippen LogP contribution in [0.4, 0.5) is 0 Å². The molecule has 0 radical (unpaired) electrons. The van der Waals surface area contributed by atoms with Gasteiger partial charge in [0.25, 0.3) is 0 Å². The Balaban J connectivity index is 1.82. The van der Waals surface area contributed by atoms with Gasteiger partial charge < -0.3 is 10.4 Å². The van der Waals surface area contributed by atoms with Gasteiger partial charge in [-0.1, -0.05) is 26.3 Å². The van der Waals surface area contributed by atoms with Gasteiger partial charge in [-0.25, -0.2) is 4.79 Å². The number of aliphatic carboxylic acids is 1. The molecule has 0 bridgehead atoms. The van der Waals surface area contributed by atoms with Crippen molar-refractivity contribution in [3.63, 3.8) is 0 Å². The van der Waals surface area contributed by atoms with Crippen molar-refractivity contribution >= 4 is 17.7 Å². The number of amides is 1. The van der Waals surface area contributed by atoms with Crippen LogP contribution in [0, 0.1) is 23.7 Å². The number of ketones is 1. The first-order chi connectivity index (χ1) is 10.9. The first-order valence-corrected chi connectivity index (χ1v) is 8.73. The Kier molecular flexibility index (Phi) is 4.07. The highest BCUT2D eigenvalue weighted by atomic mass is 16.4. The fraction of sp³-hybridized carbons (Fsp3) is 0.722. The Labute approximate surface area is 136 Å². The van der Waals surface area contributed by atoms with Gasteiger partial charge in [0.05, 0.1) is 0 Å². The van der Waals surface area contributed by atoms with E-state index in [1.54, 1.807) is 0 Å². The summed E-state index contributed by atoms with van der Waals surface area (Å²) in [5.41, 5.74) is -0.439. The Hall–Kier alpha value is -1.65. The molecule has 0 saturated heterocycles. The minimum absolute atomic E-state index is 0.0103. The third-order valence-corrected chi connectivity index (χ3v) is 6.08. The van der Waals surface area contributed by atoms with Gasteiger partial charge in [0.1, 0.15) is 11.3 Å². The second kappa shape index (κ2) is 5.77. The van der Waals surface area contributed by atoms with Crippen LogP contribution in [-0.4, -0.2) is 28.3 Å². The number of fused-ring (bicyclic) bond motifs is 1. The first-order valence-electron chi connectivity index (χ1n) is 8.73. The molecule has 0 aliphatic heterocycles. The molecule has 5 nitrogen and oxygen atoms in total. The molecule has 0 heterocycles. The van der Waals surface area contributed by atoms with E-state index in [9.17, 15) is 19.5 Å². The standard InChI is InChI=1S/C18H25NO4/c1-3-10-7-13-12(5-6-15(13)20)14(8-10)16(21)19-18(17(22)23)9-11(18)4-2/h8,10-13H,3-7,9H2,1-2H3,(H,19,21)(H,22,23)/t10-,11+,12-,13-,18+/m0/s1. The lowest BCUT2D eigenvalue weighted by atomic mass is 9.74. The van der Waals surface area contributed by atoms with E-state index in [2.05, 4.69) is 12.2 Å². The van der Waals surface area contributed by atoms with Crippen LogP contribution < -0.4 is 5.32 Å². The van der Waals surface area contributed by atoms with E-state index in [4.69, 9.17) is 0 Å². The van der Waals surface area contributed by atoms with Crippen molar-refractivity contribution in [2.24, 2.45) is 23.7 Å². The van der Waals surface area contributed by atoms with Gasteiger partial charge in [0.15, 0.2) is 0 Å². The summed E-state index contributed by atoms with van der Waals surface area (Å²) in [5, 5.41) is 12.3. The molecule has 1 amide bonds. The molecule has 0 unspecified atom stereocenters. The number of allylic oxidation sites excluding steroid dienone is 1. The fourth-order valence-electron chi connectivity index (χ4n) is 4.44. The molecule has 2 fully saturated rings. The van der Waals surface area contributed by atoms with E-state index in [1.807, 2.05) is 13.0 Å². The quantitative estimate of drug-likeness (QED) is 0.814. The zero-order valence-corrected chi connectivity index (χ0v) is 13.8. The monoisotopic (exact) mass is 319 g/mol. The third kappa shape index (κ3) is 2.60. The highest BCUT2D eigenvalue weighted by molar-refractivity contribution is 6.00. The molecule has 2 N–H and O–H groups in total. The number of carboxylic acids is 1. The largest absolute Gasteiger partial charge is 0.479 e. The molecule has 3 aliphatic carbocycles. The highest BCUT2D eigenvalue weighted by Gasteiger charge is 2.61. The van der Waals surface area contributed by atoms with Crippen LogP contribution in [0.15, 0.2) is 11.6 Å². The van der Waals surface area contributed by atoms with Gasteiger partial charge in [0, 0.05) is 17.9 Å². The van der Waals surface area contributed by atoms with E-state index in [1.165, 1.54) is 0 Å². The lowest BCUT2D eigenvalue weighted by Crippen LogP contribution is -2.47. The van der Waals surface area contributed by atoms with Gasteiger partial charge >= 0.3 is 5.97 Å². The molecule has 0 spiro atoms. The van der Waals surface area contributed by atoms with Crippen LogP contribution in [0.1, 0.15) is 52.4 Å². The molecule has 126 valence electrons. The number of rotatable bonds is 5. The molecular formula is C18H25NO4. The van der Waals surface area contributed by atoms with Gasteiger partial charge in [-0.3, -0.25) is 9.59 Å². The minimum Gasteiger partial charge on any atom is -0.479 e. The molecule has 0 aromatic rings. The first kappa shape index (κ1) is 16.2. The molecule has 0 aromatic heterocycles. The molecule has 3 rings (SSSR count). The summed E-state index contributed by atoms with van der Waals surface area (Å²) in [6, 6.07) is 0. The summed E-state index contributed by atoms with van der Waals surface area (Å²) >= 11 is 0. The van der Waals surface area contributed by atoms with Crippen molar-refractivity contribution in [1.29, 1.82) is 0 Å². The predicted molar refractivity (Wildman–Crippen MR) is 84.6 cm³/mol.